The fourth-order valence-corrected chi connectivity index (χ4v) is 1.25. The number of amides is 1. The Bertz CT molecular complexity index is 327. The number of aliphatic hydroxyl groups excluding tert-OH is 1. The Morgan fingerprint density at radius 2 is 1.63 bits per heavy atom. The number of rotatable bonds is 4. The largest absolute Gasteiger partial charge is 0.480 e. The number of ether oxygens (including phenoxy) is 1. The van der Waals surface area contributed by atoms with Gasteiger partial charge in [-0.15, -0.1) is 0 Å². The third kappa shape index (κ3) is 7.66. The van der Waals surface area contributed by atoms with Gasteiger partial charge in [0.1, 0.15) is 11.6 Å². The van der Waals surface area contributed by atoms with Gasteiger partial charge in [-0.3, -0.25) is 0 Å². The molecule has 1 amide bonds. The highest BCUT2D eigenvalue weighted by Crippen LogP contribution is 2.22. The van der Waals surface area contributed by atoms with Crippen molar-refractivity contribution in [3.63, 3.8) is 0 Å². The van der Waals surface area contributed by atoms with E-state index in [9.17, 15) is 14.7 Å². The lowest BCUT2D eigenvalue weighted by Gasteiger charge is -2.29. The number of aliphatic carboxylic acids is 1. The van der Waals surface area contributed by atoms with Crippen molar-refractivity contribution < 1.29 is 24.5 Å². The van der Waals surface area contributed by atoms with Crippen molar-refractivity contribution in [2.75, 3.05) is 0 Å². The van der Waals surface area contributed by atoms with Crippen molar-refractivity contribution in [2.45, 2.75) is 65.7 Å². The van der Waals surface area contributed by atoms with Crippen molar-refractivity contribution in [1.29, 1.82) is 0 Å². The van der Waals surface area contributed by atoms with E-state index in [1.165, 1.54) is 0 Å². The Labute approximate surface area is 114 Å². The first-order valence-corrected chi connectivity index (χ1v) is 6.23. The molecule has 0 heterocycles. The van der Waals surface area contributed by atoms with Crippen molar-refractivity contribution in [3.05, 3.63) is 0 Å². The van der Waals surface area contributed by atoms with Crippen LogP contribution in [-0.4, -0.2) is 40.0 Å². The van der Waals surface area contributed by atoms with Crippen LogP contribution in [-0.2, 0) is 9.53 Å². The van der Waals surface area contributed by atoms with Crippen LogP contribution >= 0.6 is 0 Å². The molecule has 0 aromatic rings. The molecule has 0 saturated carbocycles. The zero-order valence-corrected chi connectivity index (χ0v) is 12.5. The normalized spacial score (nSPS) is 15.5. The Kier molecular flexibility index (Phi) is 5.81. The molecule has 0 aliphatic heterocycles. The third-order valence-electron chi connectivity index (χ3n) is 2.45. The van der Waals surface area contributed by atoms with Gasteiger partial charge in [0.05, 0.1) is 6.10 Å². The summed E-state index contributed by atoms with van der Waals surface area (Å²) in [5.41, 5.74) is -1.15. The first kappa shape index (κ1) is 17.7. The minimum atomic E-state index is -1.20. The van der Waals surface area contributed by atoms with Gasteiger partial charge in [0.15, 0.2) is 0 Å². The summed E-state index contributed by atoms with van der Waals surface area (Å²) in [5.74, 6) is -1.20. The maximum atomic E-state index is 11.5. The smallest absolute Gasteiger partial charge is 0.408 e. The van der Waals surface area contributed by atoms with Gasteiger partial charge in [-0.05, 0) is 26.2 Å². The molecule has 6 heteroatoms. The fraction of sp³-hybridized carbons (Fsp3) is 0.846. The summed E-state index contributed by atoms with van der Waals surface area (Å²) in [6.07, 6.45) is -1.72. The molecule has 6 nitrogen and oxygen atoms in total. The molecule has 0 rings (SSSR count). The standard InChI is InChI=1S/C13H25NO5/c1-12(2,3)9(15)7-8(10(16)17)14-11(18)19-13(4,5)6/h8-9,15H,7H2,1-6H3,(H,14,18)(H,16,17)/t8?,9-/m0/s1. The van der Waals surface area contributed by atoms with Gasteiger partial charge in [0.2, 0.25) is 0 Å². The number of aliphatic hydroxyl groups is 1. The number of hydrogen-bond donors (Lipinski definition) is 3. The average molecular weight is 275 g/mol. The number of carboxylic acids is 1. The Hall–Kier alpha value is -1.30. The number of hydrogen-bond acceptors (Lipinski definition) is 4. The summed E-state index contributed by atoms with van der Waals surface area (Å²) < 4.78 is 4.99. The third-order valence-corrected chi connectivity index (χ3v) is 2.45. The minimum Gasteiger partial charge on any atom is -0.480 e. The highest BCUT2D eigenvalue weighted by molar-refractivity contribution is 5.80. The van der Waals surface area contributed by atoms with Gasteiger partial charge in [-0.1, -0.05) is 20.8 Å². The summed E-state index contributed by atoms with van der Waals surface area (Å²) in [5, 5.41) is 21.2. The van der Waals surface area contributed by atoms with E-state index in [0.717, 1.165) is 0 Å². The lowest BCUT2D eigenvalue weighted by molar-refractivity contribution is -0.140. The van der Waals surface area contributed by atoms with Crippen LogP contribution in [0.5, 0.6) is 0 Å². The molecule has 1 unspecified atom stereocenters. The second-order valence-electron chi connectivity index (χ2n) is 6.65. The van der Waals surface area contributed by atoms with Gasteiger partial charge < -0.3 is 20.3 Å². The molecule has 0 aliphatic carbocycles. The highest BCUT2D eigenvalue weighted by atomic mass is 16.6. The van der Waals surface area contributed by atoms with Gasteiger partial charge in [-0.25, -0.2) is 9.59 Å². The molecular formula is C13H25NO5. The lowest BCUT2D eigenvalue weighted by atomic mass is 9.85. The molecule has 0 spiro atoms. The molecule has 0 fully saturated rings. The second-order valence-corrected chi connectivity index (χ2v) is 6.65. The minimum absolute atomic E-state index is 0.0714. The van der Waals surface area contributed by atoms with Crippen molar-refractivity contribution in [2.24, 2.45) is 5.41 Å². The fourth-order valence-electron chi connectivity index (χ4n) is 1.25. The van der Waals surface area contributed by atoms with Crippen molar-refractivity contribution in [1.82, 2.24) is 5.32 Å². The zero-order chi connectivity index (χ0) is 15.4. The molecule has 2 atom stereocenters. The topological polar surface area (TPSA) is 95.9 Å². The van der Waals surface area contributed by atoms with E-state index in [0.29, 0.717) is 0 Å². The van der Waals surface area contributed by atoms with Gasteiger partial charge >= 0.3 is 12.1 Å². The summed E-state index contributed by atoms with van der Waals surface area (Å²) in [4.78, 5) is 22.6. The van der Waals surface area contributed by atoms with Crippen molar-refractivity contribution in [3.8, 4) is 0 Å². The van der Waals surface area contributed by atoms with E-state index in [-0.39, 0.29) is 6.42 Å². The second kappa shape index (κ2) is 6.23. The van der Waals surface area contributed by atoms with Crippen LogP contribution < -0.4 is 5.32 Å². The van der Waals surface area contributed by atoms with Crippen LogP contribution in [0, 0.1) is 5.41 Å². The number of carbonyl (C=O) groups excluding carboxylic acids is 1. The monoisotopic (exact) mass is 275 g/mol. The first-order valence-electron chi connectivity index (χ1n) is 6.23. The maximum Gasteiger partial charge on any atom is 0.408 e. The van der Waals surface area contributed by atoms with E-state index in [2.05, 4.69) is 5.32 Å². The summed E-state index contributed by atoms with van der Waals surface area (Å²) in [7, 11) is 0. The number of carboxylic acid groups (broad SMARTS) is 1. The highest BCUT2D eigenvalue weighted by Gasteiger charge is 2.31. The predicted octanol–water partition coefficient (Wildman–Crippen LogP) is 1.76. The van der Waals surface area contributed by atoms with Crippen LogP contribution in [0.15, 0.2) is 0 Å². The molecular weight excluding hydrogens is 250 g/mol. The SMILES string of the molecule is CC(C)(C)OC(=O)NC(C[C@H](O)C(C)(C)C)C(=O)O. The molecule has 0 aromatic heterocycles. The Morgan fingerprint density at radius 1 is 1.16 bits per heavy atom. The van der Waals surface area contributed by atoms with Crippen LogP contribution in [0.2, 0.25) is 0 Å². The Balaban J connectivity index is 4.60. The molecule has 0 aromatic carbocycles. The molecule has 3 N–H and O–H groups in total. The molecule has 0 bridgehead atoms. The van der Waals surface area contributed by atoms with E-state index in [1.807, 2.05) is 0 Å². The van der Waals surface area contributed by atoms with E-state index >= 15 is 0 Å². The summed E-state index contributed by atoms with van der Waals surface area (Å²) in [6.45, 7) is 10.4. The van der Waals surface area contributed by atoms with Crippen LogP contribution in [0.25, 0.3) is 0 Å². The summed E-state index contributed by atoms with van der Waals surface area (Å²) in [6, 6.07) is -1.18. The predicted molar refractivity (Wildman–Crippen MR) is 70.9 cm³/mol. The number of nitrogens with one attached hydrogen (secondary N) is 1. The van der Waals surface area contributed by atoms with Crippen LogP contribution in [0.1, 0.15) is 48.0 Å². The molecule has 19 heavy (non-hydrogen) atoms. The average Bonchev–Trinajstić information content (AvgIpc) is 2.11. The van der Waals surface area contributed by atoms with Gasteiger partial charge in [0, 0.05) is 6.42 Å². The molecule has 0 saturated heterocycles. The first-order chi connectivity index (χ1) is 8.33. The number of carbonyl (C=O) groups is 2. The van der Waals surface area contributed by atoms with Gasteiger partial charge in [0.25, 0.3) is 0 Å². The maximum absolute atomic E-state index is 11.5. The van der Waals surface area contributed by atoms with Gasteiger partial charge in [-0.2, -0.15) is 0 Å². The summed E-state index contributed by atoms with van der Waals surface area (Å²) >= 11 is 0. The molecule has 0 radical (unpaired) electrons. The zero-order valence-electron chi connectivity index (χ0n) is 12.5. The molecule has 0 aliphatic rings. The molecule has 112 valence electrons. The van der Waals surface area contributed by atoms with E-state index in [4.69, 9.17) is 9.84 Å². The Morgan fingerprint density at radius 3 is 1.95 bits per heavy atom. The lowest BCUT2D eigenvalue weighted by Crippen LogP contribution is -2.46. The van der Waals surface area contributed by atoms with Crippen LogP contribution in [0.3, 0.4) is 0 Å². The van der Waals surface area contributed by atoms with E-state index < -0.39 is 35.2 Å². The quantitative estimate of drug-likeness (QED) is 0.726. The van der Waals surface area contributed by atoms with E-state index in [1.54, 1.807) is 41.5 Å². The number of alkyl carbamates (subject to hydrolysis) is 1. The van der Waals surface area contributed by atoms with Crippen molar-refractivity contribution >= 4 is 12.1 Å². The van der Waals surface area contributed by atoms with Crippen LogP contribution in [0.4, 0.5) is 4.79 Å².